The van der Waals surface area contributed by atoms with Gasteiger partial charge in [-0.25, -0.2) is 0 Å². The number of carbonyl (C=O) groups excluding carboxylic acids is 2. The van der Waals surface area contributed by atoms with Crippen LogP contribution in [0.1, 0.15) is 48.0 Å². The summed E-state index contributed by atoms with van der Waals surface area (Å²) in [6, 6.07) is 12.9. The summed E-state index contributed by atoms with van der Waals surface area (Å²) in [5, 5.41) is 16.7. The number of rotatable bonds is 6. The lowest BCUT2D eigenvalue weighted by molar-refractivity contribution is -0.384. The predicted molar refractivity (Wildman–Crippen MR) is 118 cm³/mol. The maximum absolute atomic E-state index is 12.9. The summed E-state index contributed by atoms with van der Waals surface area (Å²) in [5.74, 6) is -0.855. The normalized spacial score (nSPS) is 14.8. The number of amides is 2. The van der Waals surface area contributed by atoms with Crippen molar-refractivity contribution in [2.24, 2.45) is 0 Å². The van der Waals surface area contributed by atoms with Crippen molar-refractivity contribution >= 4 is 39.5 Å². The highest BCUT2D eigenvalue weighted by Gasteiger charge is 2.21. The molecule has 1 fully saturated rings. The molecule has 156 valence electrons. The van der Waals surface area contributed by atoms with Crippen molar-refractivity contribution in [2.45, 2.75) is 38.1 Å². The molecule has 0 heterocycles. The lowest BCUT2D eigenvalue weighted by Gasteiger charge is -2.23. The molecule has 2 aromatic carbocycles. The summed E-state index contributed by atoms with van der Waals surface area (Å²) < 4.78 is 0.602. The van der Waals surface area contributed by atoms with E-state index in [0.29, 0.717) is 15.6 Å². The largest absolute Gasteiger partial charge is 0.348 e. The lowest BCUT2D eigenvalue weighted by Crippen LogP contribution is -2.41. The van der Waals surface area contributed by atoms with Gasteiger partial charge in [0.05, 0.1) is 10.5 Å². The quantitative estimate of drug-likeness (QED) is 0.365. The number of hydrogen-bond acceptors (Lipinski definition) is 4. The van der Waals surface area contributed by atoms with Crippen LogP contribution in [0, 0.1) is 10.1 Å². The minimum absolute atomic E-state index is 0.0434. The van der Waals surface area contributed by atoms with Crippen molar-refractivity contribution < 1.29 is 14.5 Å². The topological polar surface area (TPSA) is 101 Å². The molecule has 1 aliphatic carbocycles. The molecule has 8 heteroatoms. The van der Waals surface area contributed by atoms with E-state index in [9.17, 15) is 19.7 Å². The van der Waals surface area contributed by atoms with Crippen molar-refractivity contribution in [1.29, 1.82) is 0 Å². The van der Waals surface area contributed by atoms with E-state index in [4.69, 9.17) is 0 Å². The number of benzene rings is 2. The highest BCUT2D eigenvalue weighted by Crippen LogP contribution is 2.20. The monoisotopic (exact) mass is 471 g/mol. The molecule has 0 radical (unpaired) electrons. The van der Waals surface area contributed by atoms with Crippen LogP contribution >= 0.6 is 15.9 Å². The number of non-ortho nitro benzene ring substituents is 1. The van der Waals surface area contributed by atoms with Crippen molar-refractivity contribution in [3.63, 3.8) is 0 Å². The summed E-state index contributed by atoms with van der Waals surface area (Å²) in [4.78, 5) is 36.3. The van der Waals surface area contributed by atoms with Crippen LogP contribution in [0.4, 0.5) is 5.69 Å². The standard InChI is InChI=1S/C22H22BrN3O4/c23-19-12-5-4-11-18(19)21(27)25-20(22(28)24-16-8-2-1-3-9-16)14-15-7-6-10-17(13-15)26(29)30/h4-7,10-14,16H,1-3,8-9H2,(H,24,28)(H,25,27)/b20-14-. The van der Waals surface area contributed by atoms with Gasteiger partial charge in [-0.15, -0.1) is 0 Å². The van der Waals surface area contributed by atoms with Gasteiger partial charge in [-0.2, -0.15) is 0 Å². The Bertz CT molecular complexity index is 984. The Hall–Kier alpha value is -3.00. The van der Waals surface area contributed by atoms with E-state index in [-0.39, 0.29) is 17.4 Å². The van der Waals surface area contributed by atoms with Crippen LogP contribution in [0.15, 0.2) is 58.7 Å². The summed E-state index contributed by atoms with van der Waals surface area (Å²) in [7, 11) is 0. The zero-order valence-corrected chi connectivity index (χ0v) is 17.9. The van der Waals surface area contributed by atoms with Gasteiger partial charge >= 0.3 is 0 Å². The van der Waals surface area contributed by atoms with Crippen molar-refractivity contribution in [3.8, 4) is 0 Å². The Morgan fingerprint density at radius 2 is 1.80 bits per heavy atom. The third-order valence-corrected chi connectivity index (χ3v) is 5.64. The molecule has 0 aliphatic heterocycles. The molecule has 0 saturated heterocycles. The van der Waals surface area contributed by atoms with Crippen molar-refractivity contribution in [3.05, 3.63) is 79.9 Å². The Morgan fingerprint density at radius 1 is 1.07 bits per heavy atom. The fraction of sp³-hybridized carbons (Fsp3) is 0.273. The first-order chi connectivity index (χ1) is 14.4. The predicted octanol–water partition coefficient (Wildman–Crippen LogP) is 4.58. The van der Waals surface area contributed by atoms with Crippen LogP contribution in [0.25, 0.3) is 6.08 Å². The SMILES string of the molecule is O=C(NC1CCCCC1)/C(=C/c1cccc([N+](=O)[O-])c1)NC(=O)c1ccccc1Br. The summed E-state index contributed by atoms with van der Waals surface area (Å²) in [6.45, 7) is 0. The first-order valence-electron chi connectivity index (χ1n) is 9.77. The molecular weight excluding hydrogens is 450 g/mol. The molecule has 1 saturated carbocycles. The minimum atomic E-state index is -0.501. The van der Waals surface area contributed by atoms with E-state index in [1.165, 1.54) is 24.3 Å². The molecular formula is C22H22BrN3O4. The van der Waals surface area contributed by atoms with Crippen LogP contribution in [-0.4, -0.2) is 22.8 Å². The first-order valence-corrected chi connectivity index (χ1v) is 10.6. The molecule has 0 aromatic heterocycles. The Labute approximate surface area is 182 Å². The molecule has 30 heavy (non-hydrogen) atoms. The van der Waals surface area contributed by atoms with E-state index in [1.54, 1.807) is 30.3 Å². The molecule has 0 atom stereocenters. The molecule has 1 aliphatic rings. The molecule has 7 nitrogen and oxygen atoms in total. The summed E-state index contributed by atoms with van der Waals surface area (Å²) in [6.07, 6.45) is 6.51. The zero-order chi connectivity index (χ0) is 21.5. The fourth-order valence-corrected chi connectivity index (χ4v) is 3.86. The van der Waals surface area contributed by atoms with Crippen LogP contribution in [0.5, 0.6) is 0 Å². The average Bonchev–Trinajstić information content (AvgIpc) is 2.74. The van der Waals surface area contributed by atoms with Gasteiger partial charge in [-0.05, 0) is 52.5 Å². The number of nitro benzene ring substituents is 1. The van der Waals surface area contributed by atoms with Crippen LogP contribution in [0.2, 0.25) is 0 Å². The number of nitrogens with zero attached hydrogens (tertiary/aromatic N) is 1. The first kappa shape index (κ1) is 21.7. The summed E-state index contributed by atoms with van der Waals surface area (Å²) >= 11 is 3.34. The number of hydrogen-bond donors (Lipinski definition) is 2. The van der Waals surface area contributed by atoms with Gasteiger partial charge in [-0.3, -0.25) is 19.7 Å². The molecule has 2 aromatic rings. The Morgan fingerprint density at radius 3 is 2.50 bits per heavy atom. The van der Waals surface area contributed by atoms with Gasteiger partial charge in [0, 0.05) is 22.6 Å². The van der Waals surface area contributed by atoms with E-state index in [2.05, 4.69) is 26.6 Å². The van der Waals surface area contributed by atoms with E-state index < -0.39 is 16.7 Å². The lowest BCUT2D eigenvalue weighted by atomic mass is 9.95. The molecule has 2 amide bonds. The van der Waals surface area contributed by atoms with Gasteiger partial charge in [0.2, 0.25) is 0 Å². The zero-order valence-electron chi connectivity index (χ0n) is 16.3. The summed E-state index contributed by atoms with van der Waals surface area (Å²) in [5.41, 5.74) is 0.785. The van der Waals surface area contributed by atoms with Gasteiger partial charge in [0.25, 0.3) is 17.5 Å². The van der Waals surface area contributed by atoms with Crippen molar-refractivity contribution in [2.75, 3.05) is 0 Å². The third-order valence-electron chi connectivity index (χ3n) is 4.94. The Kier molecular flexibility index (Phi) is 7.35. The van der Waals surface area contributed by atoms with Crippen molar-refractivity contribution in [1.82, 2.24) is 10.6 Å². The number of nitro groups is 1. The fourth-order valence-electron chi connectivity index (χ4n) is 3.40. The Balaban J connectivity index is 1.88. The minimum Gasteiger partial charge on any atom is -0.348 e. The van der Waals surface area contributed by atoms with Gasteiger partial charge in [-0.1, -0.05) is 43.5 Å². The second kappa shape index (κ2) is 10.2. The van der Waals surface area contributed by atoms with E-state index in [0.717, 1.165) is 32.1 Å². The second-order valence-electron chi connectivity index (χ2n) is 7.15. The molecule has 0 bridgehead atoms. The number of nitrogens with one attached hydrogen (secondary N) is 2. The van der Waals surface area contributed by atoms with Crippen LogP contribution < -0.4 is 10.6 Å². The number of carbonyl (C=O) groups is 2. The third kappa shape index (κ3) is 5.76. The van der Waals surface area contributed by atoms with Crippen LogP contribution in [0.3, 0.4) is 0 Å². The number of halogens is 1. The van der Waals surface area contributed by atoms with Gasteiger partial charge < -0.3 is 10.6 Å². The van der Waals surface area contributed by atoms with Gasteiger partial charge in [0.1, 0.15) is 5.70 Å². The molecule has 0 spiro atoms. The molecule has 3 rings (SSSR count). The molecule has 0 unspecified atom stereocenters. The average molecular weight is 472 g/mol. The molecule has 2 N–H and O–H groups in total. The van der Waals surface area contributed by atoms with E-state index >= 15 is 0 Å². The van der Waals surface area contributed by atoms with Crippen LogP contribution in [-0.2, 0) is 4.79 Å². The second-order valence-corrected chi connectivity index (χ2v) is 8.01. The highest BCUT2D eigenvalue weighted by atomic mass is 79.9. The maximum Gasteiger partial charge on any atom is 0.270 e. The smallest absolute Gasteiger partial charge is 0.270 e. The van der Waals surface area contributed by atoms with Gasteiger partial charge in [0.15, 0.2) is 0 Å². The maximum atomic E-state index is 12.9. The van der Waals surface area contributed by atoms with E-state index in [1.807, 2.05) is 0 Å². The highest BCUT2D eigenvalue weighted by molar-refractivity contribution is 9.10.